The molecule has 0 unspecified atom stereocenters. The van der Waals surface area contributed by atoms with Gasteiger partial charge in [-0.05, 0) is 67.3 Å². The molecule has 1 heterocycles. The van der Waals surface area contributed by atoms with Crippen molar-refractivity contribution in [3.8, 4) is 0 Å². The number of carbonyl (C=O) groups excluding carboxylic acids is 1. The Morgan fingerprint density at radius 3 is 2.24 bits per heavy atom. The Kier molecular flexibility index (Phi) is 8.68. The van der Waals surface area contributed by atoms with Crippen LogP contribution in [0.4, 0.5) is 11.4 Å². The number of nitrogens with zero attached hydrogens (tertiary/aromatic N) is 1. The quantitative estimate of drug-likeness (QED) is 0.367. The largest absolute Gasteiger partial charge is 0.326 e. The third kappa shape index (κ3) is 6.68. The first-order valence-corrected chi connectivity index (χ1v) is 15.7. The number of benzene rings is 3. The highest BCUT2D eigenvalue weighted by Gasteiger charge is 2.31. The average Bonchev–Trinajstić information content (AvgIpc) is 2.88. The van der Waals surface area contributed by atoms with E-state index in [4.69, 9.17) is 23.2 Å². The number of hydrogen-bond acceptors (Lipinski definition) is 5. The molecular weight excluding hydrogens is 569 g/mol. The number of piperidine rings is 1. The fourth-order valence-corrected chi connectivity index (χ4v) is 7.35. The Hall–Kier alpha value is -2.63. The monoisotopic (exact) mass is 595 g/mol. The van der Waals surface area contributed by atoms with E-state index >= 15 is 0 Å². The van der Waals surface area contributed by atoms with Gasteiger partial charge < -0.3 is 5.32 Å². The average molecular weight is 597 g/mol. The van der Waals surface area contributed by atoms with Crippen LogP contribution in [0.2, 0.25) is 10.0 Å². The molecule has 0 radical (unpaired) electrons. The lowest BCUT2D eigenvalue weighted by atomic mass is 9.97. The van der Waals surface area contributed by atoms with Crippen LogP contribution < -0.4 is 10.0 Å². The predicted octanol–water partition coefficient (Wildman–Crippen LogP) is 5.28. The molecule has 1 fully saturated rings. The topological polar surface area (TPSA) is 113 Å². The maximum atomic E-state index is 12.9. The molecule has 4 rings (SSSR count). The second kappa shape index (κ2) is 11.6. The molecule has 0 bridgehead atoms. The van der Waals surface area contributed by atoms with E-state index in [2.05, 4.69) is 10.0 Å². The molecule has 1 aliphatic rings. The van der Waals surface area contributed by atoms with Crippen molar-refractivity contribution in [2.24, 2.45) is 5.92 Å². The molecule has 0 aromatic heterocycles. The zero-order valence-corrected chi connectivity index (χ0v) is 23.7. The summed E-state index contributed by atoms with van der Waals surface area (Å²) >= 11 is 12.0. The van der Waals surface area contributed by atoms with E-state index < -0.39 is 20.0 Å². The lowest BCUT2D eigenvalue weighted by Gasteiger charge is -2.30. The molecule has 0 saturated carbocycles. The number of sulfonamides is 2. The molecule has 1 amide bonds. The van der Waals surface area contributed by atoms with Gasteiger partial charge in [-0.3, -0.25) is 9.52 Å². The normalized spacial score (nSPS) is 15.2. The van der Waals surface area contributed by atoms with Crippen LogP contribution in [0.1, 0.15) is 24.0 Å². The molecule has 0 atom stereocenters. The Morgan fingerprint density at radius 1 is 0.921 bits per heavy atom. The van der Waals surface area contributed by atoms with Crippen LogP contribution >= 0.6 is 23.2 Å². The highest BCUT2D eigenvalue weighted by atomic mass is 35.5. The van der Waals surface area contributed by atoms with Crippen LogP contribution in [0.25, 0.3) is 0 Å². The van der Waals surface area contributed by atoms with Crippen LogP contribution in [0.15, 0.2) is 71.6 Å². The number of hydrogen-bond donors (Lipinski definition) is 2. The van der Waals surface area contributed by atoms with Gasteiger partial charge in [-0.25, -0.2) is 21.1 Å². The number of nitrogens with one attached hydrogen (secondary N) is 2. The smallest absolute Gasteiger partial charge is 0.261 e. The van der Waals surface area contributed by atoms with Crippen LogP contribution in [-0.4, -0.2) is 40.1 Å². The number of anilines is 2. The second-order valence-corrected chi connectivity index (χ2v) is 13.5. The molecular formula is C26H27Cl2N3O5S2. The Labute approximate surface area is 233 Å². The van der Waals surface area contributed by atoms with Crippen LogP contribution in [0, 0.1) is 12.8 Å². The number of amides is 1. The predicted molar refractivity (Wildman–Crippen MR) is 150 cm³/mol. The van der Waals surface area contributed by atoms with Crippen molar-refractivity contribution in [1.29, 1.82) is 0 Å². The molecule has 202 valence electrons. The van der Waals surface area contributed by atoms with Gasteiger partial charge in [-0.15, -0.1) is 0 Å². The summed E-state index contributed by atoms with van der Waals surface area (Å²) in [5, 5.41) is 3.11. The lowest BCUT2D eigenvalue weighted by Crippen LogP contribution is -2.41. The summed E-state index contributed by atoms with van der Waals surface area (Å²) < 4.78 is 55.1. The van der Waals surface area contributed by atoms with E-state index in [1.54, 1.807) is 12.1 Å². The van der Waals surface area contributed by atoms with Gasteiger partial charge in [-0.1, -0.05) is 53.5 Å². The third-order valence-electron chi connectivity index (χ3n) is 6.45. The summed E-state index contributed by atoms with van der Waals surface area (Å²) in [4.78, 5) is 12.8. The van der Waals surface area contributed by atoms with Crippen LogP contribution in [-0.2, 0) is 30.6 Å². The second-order valence-electron chi connectivity index (χ2n) is 9.08. The van der Waals surface area contributed by atoms with E-state index in [9.17, 15) is 21.6 Å². The van der Waals surface area contributed by atoms with Gasteiger partial charge in [0.05, 0.1) is 26.4 Å². The minimum Gasteiger partial charge on any atom is -0.326 e. The number of halogens is 2. The van der Waals surface area contributed by atoms with Crippen molar-refractivity contribution in [3.63, 3.8) is 0 Å². The van der Waals surface area contributed by atoms with Crippen molar-refractivity contribution in [2.45, 2.75) is 30.4 Å². The van der Waals surface area contributed by atoms with E-state index in [-0.39, 0.29) is 51.3 Å². The third-order valence-corrected chi connectivity index (χ3v) is 10.5. The van der Waals surface area contributed by atoms with Gasteiger partial charge in [0.15, 0.2) is 0 Å². The van der Waals surface area contributed by atoms with Gasteiger partial charge in [0.1, 0.15) is 0 Å². The molecule has 8 nitrogen and oxygen atoms in total. The van der Waals surface area contributed by atoms with Gasteiger partial charge >= 0.3 is 0 Å². The van der Waals surface area contributed by atoms with E-state index in [1.807, 2.05) is 31.2 Å². The molecule has 1 saturated heterocycles. The minimum absolute atomic E-state index is 0.0151. The van der Waals surface area contributed by atoms with Crippen molar-refractivity contribution in [1.82, 2.24) is 4.31 Å². The molecule has 0 spiro atoms. The van der Waals surface area contributed by atoms with E-state index in [0.717, 1.165) is 11.1 Å². The maximum Gasteiger partial charge on any atom is 0.261 e. The number of carbonyl (C=O) groups is 1. The SMILES string of the molecule is Cc1ccccc1CS(=O)(=O)N1CCC(C(=O)Nc2ccc(S(=O)(=O)Nc3cccc(Cl)c3Cl)cc2)CC1. The first kappa shape index (κ1) is 28.4. The fourth-order valence-electron chi connectivity index (χ4n) is 4.20. The zero-order valence-electron chi connectivity index (χ0n) is 20.5. The van der Waals surface area contributed by atoms with Gasteiger partial charge in [0.2, 0.25) is 15.9 Å². The summed E-state index contributed by atoms with van der Waals surface area (Å²) in [6.07, 6.45) is 0.797. The summed E-state index contributed by atoms with van der Waals surface area (Å²) in [6.45, 7) is 2.41. The first-order valence-electron chi connectivity index (χ1n) is 11.9. The van der Waals surface area contributed by atoms with Crippen molar-refractivity contribution >= 4 is 60.5 Å². The summed E-state index contributed by atoms with van der Waals surface area (Å²) in [5.41, 5.74) is 2.28. The van der Waals surface area contributed by atoms with Gasteiger partial charge in [0.25, 0.3) is 10.0 Å². The number of rotatable bonds is 8. The first-order chi connectivity index (χ1) is 18.0. The standard InChI is InChI=1S/C26H27Cl2N3O5S2/c1-18-5-2-3-6-20(18)17-37(33,34)31-15-13-19(14-16-31)26(32)29-21-9-11-22(12-10-21)38(35,36)30-24-8-4-7-23(27)25(24)28/h2-12,19,30H,13-17H2,1H3,(H,29,32). The van der Waals surface area contributed by atoms with Crippen molar-refractivity contribution in [3.05, 3.63) is 87.9 Å². The van der Waals surface area contributed by atoms with Crippen molar-refractivity contribution < 1.29 is 21.6 Å². The zero-order chi connectivity index (χ0) is 27.5. The summed E-state index contributed by atoms with van der Waals surface area (Å²) in [7, 11) is -7.42. The van der Waals surface area contributed by atoms with Crippen molar-refractivity contribution in [2.75, 3.05) is 23.1 Å². The molecule has 12 heteroatoms. The number of aryl methyl sites for hydroxylation is 1. The lowest BCUT2D eigenvalue weighted by molar-refractivity contribution is -0.120. The van der Waals surface area contributed by atoms with Crippen LogP contribution in [0.3, 0.4) is 0 Å². The summed E-state index contributed by atoms with van der Waals surface area (Å²) in [6, 6.07) is 17.7. The molecule has 1 aliphatic heterocycles. The molecule has 2 N–H and O–H groups in total. The Bertz CT molecular complexity index is 1540. The van der Waals surface area contributed by atoms with Gasteiger partial charge in [-0.2, -0.15) is 0 Å². The minimum atomic E-state index is -3.93. The van der Waals surface area contributed by atoms with Gasteiger partial charge in [0, 0.05) is 24.7 Å². The summed E-state index contributed by atoms with van der Waals surface area (Å²) in [5.74, 6) is -0.653. The highest BCUT2D eigenvalue weighted by Crippen LogP contribution is 2.31. The fraction of sp³-hybridized carbons (Fsp3) is 0.269. The molecule has 3 aromatic carbocycles. The molecule has 3 aromatic rings. The van der Waals surface area contributed by atoms with E-state index in [1.165, 1.54) is 34.6 Å². The molecule has 38 heavy (non-hydrogen) atoms. The Balaban J connectivity index is 1.33. The van der Waals surface area contributed by atoms with Crippen LogP contribution in [0.5, 0.6) is 0 Å². The highest BCUT2D eigenvalue weighted by molar-refractivity contribution is 7.92. The Morgan fingerprint density at radius 2 is 1.58 bits per heavy atom. The van der Waals surface area contributed by atoms with E-state index in [0.29, 0.717) is 18.5 Å². The maximum absolute atomic E-state index is 12.9. The molecule has 0 aliphatic carbocycles.